The molecule has 39 atom stereocenters. The van der Waals surface area contributed by atoms with Crippen molar-refractivity contribution in [2.45, 2.75) is 276 Å². The molecule has 4 aliphatic carbocycles. The van der Waals surface area contributed by atoms with Crippen molar-refractivity contribution in [2.24, 2.45) is 46.3 Å². The van der Waals surface area contributed by atoms with E-state index in [-0.39, 0.29) is 72.3 Å². The normalized spacial score (nSPS) is 54.6. The van der Waals surface area contributed by atoms with Crippen LogP contribution in [0.1, 0.15) is 85.5 Å². The van der Waals surface area contributed by atoms with Crippen LogP contribution in [0.25, 0.3) is 0 Å². The zero-order valence-electron chi connectivity index (χ0n) is 53.3. The highest BCUT2D eigenvalue weighted by molar-refractivity contribution is 5.84. The van der Waals surface area contributed by atoms with Crippen LogP contribution >= 0.6 is 0 Å². The number of fused-ring (bicyclic) bond motifs is 7. The van der Waals surface area contributed by atoms with E-state index in [0.29, 0.717) is 24.8 Å². The van der Waals surface area contributed by atoms with Gasteiger partial charge in [-0.1, -0.05) is 32.9 Å². The van der Waals surface area contributed by atoms with Crippen LogP contribution in [0.5, 0.6) is 0 Å². The van der Waals surface area contributed by atoms with Gasteiger partial charge in [-0.3, -0.25) is 4.79 Å². The van der Waals surface area contributed by atoms with E-state index in [4.69, 9.17) is 66.3 Å². The minimum Gasteiger partial charge on any atom is -0.394 e. The van der Waals surface area contributed by atoms with E-state index in [1.807, 2.05) is 0 Å². The summed E-state index contributed by atoms with van der Waals surface area (Å²) < 4.78 is 85.9. The lowest BCUT2D eigenvalue weighted by Gasteiger charge is -2.61. The molecule has 0 radical (unpaired) electrons. The van der Waals surface area contributed by atoms with Gasteiger partial charge in [0.25, 0.3) is 0 Å². The molecule has 0 aromatic rings. The Kier molecular flexibility index (Phi) is 22.8. The summed E-state index contributed by atoms with van der Waals surface area (Å²) >= 11 is 0. The standard InChI is InChI=1S/C62H100O32/c1-22(19-82-54-48(79)45(76)41(72)34(16-63)87-54)9-12-62(81-6)23(2)37-33(94-62)14-28-26-8-7-25-13-32(29(66)15-61(25,5)27(26)10-11-60(28,37)4)86-58-52(93-57-49(80)44(75)38(69)24(3)85-57)51(43(74)35(17-64)88-58)91-59-53(92-56-47(78)40(71)31(68)21-84-56)50(42(73)36(18-65)89-59)90-55-46(77)39(70)30(67)20-83-55/h23-28,30-59,63-65,67-80H,1,7-21H2,2-6H3. The summed E-state index contributed by atoms with van der Waals surface area (Å²) in [6.07, 6.45) is -45.2. The molecule has 94 heavy (non-hydrogen) atoms. The molecule has 11 aliphatic rings. The number of ketones is 1. The summed E-state index contributed by atoms with van der Waals surface area (Å²) in [5.74, 6) is -0.629. The van der Waals surface area contributed by atoms with Crippen molar-refractivity contribution in [1.82, 2.24) is 0 Å². The second-order valence-electron chi connectivity index (χ2n) is 28.7. The number of methoxy groups -OCH3 is 1. The Balaban J connectivity index is 0.812. The molecule has 11 rings (SSSR count). The average molecular weight is 1360 g/mol. The van der Waals surface area contributed by atoms with Crippen LogP contribution in [0.3, 0.4) is 0 Å². The van der Waals surface area contributed by atoms with Gasteiger partial charge in [-0.2, -0.15) is 0 Å². The minimum absolute atomic E-state index is 0.0431. The maximum absolute atomic E-state index is 15.1. The molecule has 7 saturated heterocycles. The number of rotatable bonds is 20. The first-order valence-corrected chi connectivity index (χ1v) is 33.1. The van der Waals surface area contributed by atoms with Crippen molar-refractivity contribution in [2.75, 3.05) is 46.8 Å². The largest absolute Gasteiger partial charge is 0.394 e. The molecular weight excluding hydrogens is 1260 g/mol. The summed E-state index contributed by atoms with van der Waals surface area (Å²) in [6.45, 7) is 8.54. The number of aliphatic hydroxyl groups excluding tert-OH is 17. The van der Waals surface area contributed by atoms with Crippen LogP contribution in [-0.4, -0.2) is 329 Å². The highest BCUT2D eigenvalue weighted by Crippen LogP contribution is 2.71. The number of hydrogen-bond donors (Lipinski definition) is 17. The molecule has 32 nitrogen and oxygen atoms in total. The highest BCUT2D eigenvalue weighted by atomic mass is 16.8. The Morgan fingerprint density at radius 1 is 0.543 bits per heavy atom. The molecule has 0 spiro atoms. The Labute approximate surface area is 543 Å². The van der Waals surface area contributed by atoms with Crippen LogP contribution in [0.15, 0.2) is 12.2 Å². The first-order chi connectivity index (χ1) is 44.5. The molecule has 32 heteroatoms. The molecule has 17 N–H and O–H groups in total. The fourth-order valence-electron chi connectivity index (χ4n) is 17.9. The van der Waals surface area contributed by atoms with Gasteiger partial charge in [0.05, 0.1) is 51.8 Å². The SMILES string of the molecule is C=C(CCC1(OC)OC2CC3C4CCC5CC(OC6OC(CO)C(O)C(OC7OC(CO)C(O)C(OC8OCC(O)C(O)C8O)C7OC7OCC(O)C(O)C7O)C6OC6OC(C)C(O)C(O)C6O)C(=O)CC5(C)C4CCC3(C)C2C1C)COC1OC(CO)C(O)C(O)C1O. The second-order valence-corrected chi connectivity index (χ2v) is 28.7. The topological polar surface area (TPSA) is 490 Å². The fourth-order valence-corrected chi connectivity index (χ4v) is 17.9. The van der Waals surface area contributed by atoms with Gasteiger partial charge in [-0.15, -0.1) is 0 Å². The van der Waals surface area contributed by atoms with E-state index in [2.05, 4.69) is 27.4 Å². The third kappa shape index (κ3) is 13.4. The van der Waals surface area contributed by atoms with E-state index in [1.165, 1.54) is 6.92 Å². The lowest BCUT2D eigenvalue weighted by atomic mass is 9.44. The van der Waals surface area contributed by atoms with Crippen molar-refractivity contribution < 1.29 is 158 Å². The predicted octanol–water partition coefficient (Wildman–Crippen LogP) is -6.25. The van der Waals surface area contributed by atoms with Gasteiger partial charge in [-0.25, -0.2) is 0 Å². The number of ether oxygens (including phenoxy) is 14. The third-order valence-electron chi connectivity index (χ3n) is 23.4. The molecule has 39 unspecified atom stereocenters. The summed E-state index contributed by atoms with van der Waals surface area (Å²) in [5.41, 5.74) is 0.00173. The summed E-state index contributed by atoms with van der Waals surface area (Å²) in [7, 11) is 1.64. The van der Waals surface area contributed by atoms with Crippen molar-refractivity contribution in [3.63, 3.8) is 0 Å². The zero-order chi connectivity index (χ0) is 67.9. The van der Waals surface area contributed by atoms with Gasteiger partial charge in [0.1, 0.15) is 134 Å². The van der Waals surface area contributed by atoms with Gasteiger partial charge in [-0.05, 0) is 92.3 Å². The van der Waals surface area contributed by atoms with Crippen LogP contribution < -0.4 is 0 Å². The average Bonchev–Trinajstić information content (AvgIpc) is 1.49. The molecular formula is C62H100O32. The van der Waals surface area contributed by atoms with E-state index in [0.717, 1.165) is 25.7 Å². The molecule has 7 aliphatic heterocycles. The Morgan fingerprint density at radius 2 is 1.05 bits per heavy atom. The summed E-state index contributed by atoms with van der Waals surface area (Å²) in [4.78, 5) is 15.1. The van der Waals surface area contributed by atoms with Crippen molar-refractivity contribution in [3.8, 4) is 0 Å². The molecule has 0 bridgehead atoms. The van der Waals surface area contributed by atoms with Crippen LogP contribution in [0.2, 0.25) is 0 Å². The van der Waals surface area contributed by atoms with Gasteiger partial charge >= 0.3 is 0 Å². The lowest BCUT2D eigenvalue weighted by molar-refractivity contribution is -0.411. The van der Waals surface area contributed by atoms with E-state index >= 15 is 4.79 Å². The molecule has 7 heterocycles. The van der Waals surface area contributed by atoms with Crippen molar-refractivity contribution in [1.29, 1.82) is 0 Å². The summed E-state index contributed by atoms with van der Waals surface area (Å²) in [5, 5.41) is 183. The quantitative estimate of drug-likeness (QED) is 0.0398. The number of carbonyl (C=O) groups is 1. The third-order valence-corrected chi connectivity index (χ3v) is 23.4. The zero-order valence-corrected chi connectivity index (χ0v) is 53.3. The minimum atomic E-state index is -2.07. The van der Waals surface area contributed by atoms with E-state index < -0.39 is 222 Å². The number of aliphatic hydroxyl groups is 17. The first kappa shape index (κ1) is 73.4. The number of hydrogen-bond acceptors (Lipinski definition) is 32. The molecule has 0 aromatic heterocycles. The van der Waals surface area contributed by atoms with Gasteiger partial charge < -0.3 is 153 Å². The van der Waals surface area contributed by atoms with Gasteiger partial charge in [0, 0.05) is 25.9 Å². The second kappa shape index (κ2) is 29.3. The number of carbonyl (C=O) groups excluding carboxylic acids is 1. The van der Waals surface area contributed by atoms with Gasteiger partial charge in [0.15, 0.2) is 49.3 Å². The Bertz CT molecular complexity index is 2540. The molecule has 4 saturated carbocycles. The van der Waals surface area contributed by atoms with Crippen molar-refractivity contribution >= 4 is 5.78 Å². The fraction of sp³-hybridized carbons (Fsp3) is 0.952. The number of Topliss-reactive ketones (excluding diaryl/α,β-unsaturated/α-hetero) is 1. The van der Waals surface area contributed by atoms with E-state index in [1.54, 1.807) is 7.11 Å². The molecule has 540 valence electrons. The molecule has 0 amide bonds. The Morgan fingerprint density at radius 3 is 1.64 bits per heavy atom. The predicted molar refractivity (Wildman–Crippen MR) is 309 cm³/mol. The Hall–Kier alpha value is -1.83. The van der Waals surface area contributed by atoms with Crippen LogP contribution in [-0.2, 0) is 71.1 Å². The maximum atomic E-state index is 15.1. The van der Waals surface area contributed by atoms with E-state index in [9.17, 15) is 86.8 Å². The molecule has 11 fully saturated rings. The lowest BCUT2D eigenvalue weighted by Crippen LogP contribution is -2.69. The van der Waals surface area contributed by atoms with Gasteiger partial charge in [0.2, 0.25) is 0 Å². The summed E-state index contributed by atoms with van der Waals surface area (Å²) in [6, 6.07) is 0. The molecule has 0 aromatic carbocycles. The maximum Gasteiger partial charge on any atom is 0.187 e. The van der Waals surface area contributed by atoms with Crippen molar-refractivity contribution in [3.05, 3.63) is 12.2 Å². The highest BCUT2D eigenvalue weighted by Gasteiger charge is 2.70. The smallest absolute Gasteiger partial charge is 0.187 e. The van der Waals surface area contributed by atoms with Crippen LogP contribution in [0.4, 0.5) is 0 Å². The monoisotopic (exact) mass is 1360 g/mol. The van der Waals surface area contributed by atoms with Crippen LogP contribution in [0, 0.1) is 46.3 Å². The first-order valence-electron chi connectivity index (χ1n) is 33.1.